The Morgan fingerprint density at radius 2 is 1.70 bits per heavy atom. The number of aromatic hydroxyl groups is 1. The second-order valence-electron chi connectivity index (χ2n) is 7.25. The van der Waals surface area contributed by atoms with E-state index >= 15 is 0 Å². The Labute approximate surface area is 159 Å². The molecule has 1 aliphatic heterocycles. The molecule has 0 amide bonds. The predicted octanol–water partition coefficient (Wildman–Crippen LogP) is 3.58. The van der Waals surface area contributed by atoms with Crippen LogP contribution >= 0.6 is 0 Å². The first-order valence-corrected chi connectivity index (χ1v) is 9.44. The van der Waals surface area contributed by atoms with Crippen LogP contribution in [0, 0.1) is 6.92 Å². The van der Waals surface area contributed by atoms with E-state index in [0.717, 1.165) is 54.0 Å². The Kier molecular flexibility index (Phi) is 4.62. The van der Waals surface area contributed by atoms with E-state index in [0.29, 0.717) is 0 Å². The van der Waals surface area contributed by atoms with E-state index in [2.05, 4.69) is 14.8 Å². The number of para-hydroxylation sites is 1. The number of nitrogens with one attached hydrogen (secondary N) is 1. The van der Waals surface area contributed by atoms with Crippen molar-refractivity contribution in [2.45, 2.75) is 19.9 Å². The molecule has 2 heterocycles. The number of phenols is 1. The summed E-state index contributed by atoms with van der Waals surface area (Å²) in [5.41, 5.74) is 3.89. The third kappa shape index (κ3) is 3.30. The van der Waals surface area contributed by atoms with Crippen molar-refractivity contribution in [2.24, 2.45) is 0 Å². The number of anilines is 1. The Balaban J connectivity index is 1.47. The zero-order valence-electron chi connectivity index (χ0n) is 15.8. The molecule has 1 fully saturated rings. The zero-order chi connectivity index (χ0) is 19.0. The van der Waals surface area contributed by atoms with Crippen LogP contribution in [0.5, 0.6) is 5.75 Å². The maximum absolute atomic E-state index is 13.2. The first-order valence-electron chi connectivity index (χ1n) is 9.44. The molecule has 2 aromatic carbocycles. The van der Waals surface area contributed by atoms with Gasteiger partial charge in [-0.25, -0.2) is 0 Å². The summed E-state index contributed by atoms with van der Waals surface area (Å²) in [6.07, 6.45) is 0. The number of fused-ring (bicyclic) bond motifs is 1. The fraction of sp³-hybridized carbons (Fsp3) is 0.318. The number of nitrogens with zero attached hydrogens (tertiary/aromatic N) is 2. The second kappa shape index (κ2) is 7.08. The summed E-state index contributed by atoms with van der Waals surface area (Å²) < 4.78 is 0. The molecule has 2 N–H and O–H groups in total. The van der Waals surface area contributed by atoms with Crippen LogP contribution in [-0.2, 0) is 0 Å². The van der Waals surface area contributed by atoms with Crippen LogP contribution in [0.1, 0.15) is 23.0 Å². The minimum Gasteiger partial charge on any atom is -0.508 e. The van der Waals surface area contributed by atoms with Gasteiger partial charge < -0.3 is 15.0 Å². The molecule has 0 unspecified atom stereocenters. The molecule has 1 saturated heterocycles. The fourth-order valence-corrected chi connectivity index (χ4v) is 4.00. The number of carbonyl (C=O) groups is 1. The summed E-state index contributed by atoms with van der Waals surface area (Å²) in [6, 6.07) is 15.2. The van der Waals surface area contributed by atoms with E-state index in [1.165, 1.54) is 0 Å². The highest BCUT2D eigenvalue weighted by atomic mass is 16.3. The van der Waals surface area contributed by atoms with Crippen molar-refractivity contribution in [3.63, 3.8) is 0 Å². The molecule has 0 saturated carbocycles. The molecule has 5 heteroatoms. The summed E-state index contributed by atoms with van der Waals surface area (Å²) in [4.78, 5) is 21.1. The quantitative estimate of drug-likeness (QED) is 0.696. The average Bonchev–Trinajstić information content (AvgIpc) is 3.03. The van der Waals surface area contributed by atoms with Crippen LogP contribution in [0.3, 0.4) is 0 Å². The van der Waals surface area contributed by atoms with Gasteiger partial charge >= 0.3 is 0 Å². The summed E-state index contributed by atoms with van der Waals surface area (Å²) in [5.74, 6) is 0.466. The molecule has 0 aliphatic carbocycles. The molecule has 4 rings (SSSR count). The van der Waals surface area contributed by atoms with Crippen LogP contribution in [0.15, 0.2) is 48.5 Å². The number of benzene rings is 2. The summed E-state index contributed by atoms with van der Waals surface area (Å²) in [6.45, 7) is 7.41. The molecule has 0 radical (unpaired) electrons. The van der Waals surface area contributed by atoms with Crippen molar-refractivity contribution < 1.29 is 9.90 Å². The van der Waals surface area contributed by atoms with E-state index in [1.807, 2.05) is 50.2 Å². The molecule has 5 nitrogen and oxygen atoms in total. The van der Waals surface area contributed by atoms with Crippen LogP contribution < -0.4 is 4.90 Å². The molecule has 140 valence electrons. The van der Waals surface area contributed by atoms with Crippen molar-refractivity contribution in [3.8, 4) is 5.75 Å². The van der Waals surface area contributed by atoms with E-state index in [4.69, 9.17) is 0 Å². The van der Waals surface area contributed by atoms with E-state index in [-0.39, 0.29) is 17.6 Å². The molecular formula is C22H25N3O2. The van der Waals surface area contributed by atoms with Gasteiger partial charge in [0.15, 0.2) is 5.78 Å². The van der Waals surface area contributed by atoms with Crippen LogP contribution in [0.2, 0.25) is 0 Å². The highest BCUT2D eigenvalue weighted by Gasteiger charge is 2.28. The summed E-state index contributed by atoms with van der Waals surface area (Å²) >= 11 is 0. The van der Waals surface area contributed by atoms with E-state index < -0.39 is 0 Å². The van der Waals surface area contributed by atoms with Crippen molar-refractivity contribution in [3.05, 3.63) is 59.8 Å². The molecule has 0 spiro atoms. The fourth-order valence-electron chi connectivity index (χ4n) is 4.00. The van der Waals surface area contributed by atoms with Gasteiger partial charge in [-0.2, -0.15) is 0 Å². The molecule has 0 bridgehead atoms. The lowest BCUT2D eigenvalue weighted by atomic mass is 10.0. The minimum atomic E-state index is -0.148. The number of carbonyl (C=O) groups excluding carboxylic acids is 1. The minimum absolute atomic E-state index is 0.148. The second-order valence-corrected chi connectivity index (χ2v) is 7.25. The van der Waals surface area contributed by atoms with Gasteiger partial charge in [0.2, 0.25) is 0 Å². The number of Topliss-reactive ketones (excluding diaryl/α,β-unsaturated/α-hetero) is 1. The lowest BCUT2D eigenvalue weighted by Crippen LogP contribution is -2.51. The van der Waals surface area contributed by atoms with Crippen LogP contribution in [0.4, 0.5) is 5.69 Å². The monoisotopic (exact) mass is 363 g/mol. The van der Waals surface area contributed by atoms with Crippen molar-refractivity contribution >= 4 is 22.4 Å². The smallest absolute Gasteiger partial charge is 0.182 e. The zero-order valence-corrected chi connectivity index (χ0v) is 15.8. The van der Waals surface area contributed by atoms with Gasteiger partial charge in [-0.1, -0.05) is 18.2 Å². The van der Waals surface area contributed by atoms with Gasteiger partial charge in [0, 0.05) is 54.0 Å². The molecule has 1 atom stereocenters. The van der Waals surface area contributed by atoms with Crippen molar-refractivity contribution in [1.29, 1.82) is 0 Å². The van der Waals surface area contributed by atoms with E-state index in [1.54, 1.807) is 12.1 Å². The first-order chi connectivity index (χ1) is 13.0. The normalized spacial score (nSPS) is 16.6. The molecule has 3 aromatic rings. The Morgan fingerprint density at radius 1 is 1.04 bits per heavy atom. The predicted molar refractivity (Wildman–Crippen MR) is 109 cm³/mol. The standard InChI is InChI=1S/C22H25N3O2/c1-15-21(19-5-3-4-6-20(19)23-15)22(27)16(2)24-11-13-25(14-12-24)17-7-9-18(26)10-8-17/h3-10,16,23,26H,11-14H2,1-2H3/t16-/m0/s1. The van der Waals surface area contributed by atoms with Gasteiger partial charge in [-0.3, -0.25) is 9.69 Å². The Morgan fingerprint density at radius 3 is 2.41 bits per heavy atom. The number of aromatic nitrogens is 1. The number of H-pyrrole nitrogens is 1. The molecule has 27 heavy (non-hydrogen) atoms. The highest BCUT2D eigenvalue weighted by Crippen LogP contribution is 2.25. The summed E-state index contributed by atoms with van der Waals surface area (Å²) in [5, 5.41) is 10.5. The number of hydrogen-bond donors (Lipinski definition) is 2. The number of hydrogen-bond acceptors (Lipinski definition) is 4. The maximum Gasteiger partial charge on any atom is 0.182 e. The topological polar surface area (TPSA) is 59.6 Å². The lowest BCUT2D eigenvalue weighted by molar-refractivity contribution is 0.0831. The van der Waals surface area contributed by atoms with Crippen molar-refractivity contribution in [2.75, 3.05) is 31.1 Å². The van der Waals surface area contributed by atoms with Crippen LogP contribution in [-0.4, -0.2) is 53.0 Å². The number of aromatic amines is 1. The maximum atomic E-state index is 13.2. The Hall–Kier alpha value is -2.79. The lowest BCUT2D eigenvalue weighted by Gasteiger charge is -2.38. The number of ketones is 1. The third-order valence-corrected chi connectivity index (χ3v) is 5.60. The first kappa shape index (κ1) is 17.6. The van der Waals surface area contributed by atoms with Gasteiger partial charge in [-0.15, -0.1) is 0 Å². The van der Waals surface area contributed by atoms with Crippen LogP contribution in [0.25, 0.3) is 10.9 Å². The van der Waals surface area contributed by atoms with Gasteiger partial charge in [0.25, 0.3) is 0 Å². The SMILES string of the molecule is Cc1[nH]c2ccccc2c1C(=O)[C@H](C)N1CCN(c2ccc(O)cc2)CC1. The molecular weight excluding hydrogens is 338 g/mol. The number of rotatable bonds is 4. The Bertz CT molecular complexity index is 953. The largest absolute Gasteiger partial charge is 0.508 e. The number of piperazine rings is 1. The molecule has 1 aromatic heterocycles. The number of phenolic OH excluding ortho intramolecular Hbond substituents is 1. The molecule has 1 aliphatic rings. The third-order valence-electron chi connectivity index (χ3n) is 5.60. The number of aryl methyl sites for hydroxylation is 1. The highest BCUT2D eigenvalue weighted by molar-refractivity contribution is 6.11. The average molecular weight is 363 g/mol. The van der Waals surface area contributed by atoms with Crippen molar-refractivity contribution in [1.82, 2.24) is 9.88 Å². The van der Waals surface area contributed by atoms with Gasteiger partial charge in [0.1, 0.15) is 5.75 Å². The van der Waals surface area contributed by atoms with E-state index in [9.17, 15) is 9.90 Å². The van der Waals surface area contributed by atoms with Gasteiger partial charge in [-0.05, 0) is 44.2 Å². The van der Waals surface area contributed by atoms with Gasteiger partial charge in [0.05, 0.1) is 6.04 Å². The summed E-state index contributed by atoms with van der Waals surface area (Å²) in [7, 11) is 0.